The number of nitrogens with zero attached hydrogens (tertiary/aromatic N) is 3. The van der Waals surface area contributed by atoms with E-state index in [0.29, 0.717) is 25.5 Å². The van der Waals surface area contributed by atoms with Gasteiger partial charge < -0.3 is 9.47 Å². The normalized spacial score (nSPS) is 10.9. The van der Waals surface area contributed by atoms with Crippen molar-refractivity contribution in [3.8, 4) is 0 Å². The van der Waals surface area contributed by atoms with Crippen molar-refractivity contribution in [1.82, 2.24) is 15.0 Å². The Morgan fingerprint density at radius 3 is 2.71 bits per heavy atom. The van der Waals surface area contributed by atoms with Crippen LogP contribution in [0.25, 0.3) is 0 Å². The Balaban J connectivity index is 2.90. The number of hydrogen-bond acceptors (Lipinski definition) is 5. The van der Waals surface area contributed by atoms with E-state index in [1.807, 2.05) is 20.8 Å². The first-order chi connectivity index (χ1) is 8.11. The van der Waals surface area contributed by atoms with Crippen LogP contribution in [0, 0.1) is 0 Å². The summed E-state index contributed by atoms with van der Waals surface area (Å²) in [5.74, 6) is -0.294. The van der Waals surface area contributed by atoms with Crippen LogP contribution in [0.2, 0.25) is 0 Å². The summed E-state index contributed by atoms with van der Waals surface area (Å²) in [5, 5.41) is 7.83. The highest BCUT2D eigenvalue weighted by Crippen LogP contribution is 2.18. The van der Waals surface area contributed by atoms with Gasteiger partial charge in [0.15, 0.2) is 5.69 Å². The van der Waals surface area contributed by atoms with Gasteiger partial charge in [0.05, 0.1) is 26.0 Å². The van der Waals surface area contributed by atoms with E-state index in [0.717, 1.165) is 5.69 Å². The van der Waals surface area contributed by atoms with Crippen LogP contribution in [0.5, 0.6) is 0 Å². The third kappa shape index (κ3) is 3.26. The van der Waals surface area contributed by atoms with Gasteiger partial charge in [0, 0.05) is 6.61 Å². The highest BCUT2D eigenvalue weighted by Gasteiger charge is 2.22. The number of hydrogen-bond donors (Lipinski definition) is 0. The molecule has 96 valence electrons. The largest absolute Gasteiger partial charge is 0.464 e. The molecular weight excluding hydrogens is 222 g/mol. The number of ether oxygens (including phenoxy) is 2. The fourth-order valence-electron chi connectivity index (χ4n) is 1.59. The van der Waals surface area contributed by atoms with Crippen LogP contribution in [0.1, 0.15) is 42.9 Å². The Hall–Kier alpha value is -1.43. The minimum Gasteiger partial charge on any atom is -0.464 e. The predicted octanol–water partition coefficient (Wildman–Crippen LogP) is 1.22. The smallest absolute Gasteiger partial charge is 0.360 e. The van der Waals surface area contributed by atoms with Crippen LogP contribution < -0.4 is 0 Å². The molecule has 0 radical (unpaired) electrons. The average Bonchev–Trinajstić information content (AvgIpc) is 2.72. The lowest BCUT2D eigenvalue weighted by Gasteiger charge is -2.10. The summed E-state index contributed by atoms with van der Waals surface area (Å²) in [6.45, 7) is 7.72. The maximum atomic E-state index is 11.5. The molecule has 0 unspecified atom stereocenters. The van der Waals surface area contributed by atoms with Crippen LogP contribution >= 0.6 is 0 Å². The molecule has 0 aliphatic rings. The molecule has 0 aliphatic carbocycles. The van der Waals surface area contributed by atoms with E-state index in [-0.39, 0.29) is 5.92 Å². The Morgan fingerprint density at radius 2 is 2.18 bits per heavy atom. The summed E-state index contributed by atoms with van der Waals surface area (Å²) in [6, 6.07) is 0. The van der Waals surface area contributed by atoms with Crippen molar-refractivity contribution in [3.63, 3.8) is 0 Å². The van der Waals surface area contributed by atoms with E-state index in [1.54, 1.807) is 4.68 Å². The molecule has 17 heavy (non-hydrogen) atoms. The maximum absolute atomic E-state index is 11.5. The molecule has 0 N–H and O–H groups in total. The highest BCUT2D eigenvalue weighted by molar-refractivity contribution is 5.88. The zero-order chi connectivity index (χ0) is 12.8. The van der Waals surface area contributed by atoms with Gasteiger partial charge in [0.25, 0.3) is 0 Å². The van der Waals surface area contributed by atoms with E-state index in [1.165, 1.54) is 7.11 Å². The molecule has 1 heterocycles. The fourth-order valence-corrected chi connectivity index (χ4v) is 1.59. The summed E-state index contributed by atoms with van der Waals surface area (Å²) < 4.78 is 11.6. The minimum atomic E-state index is -0.448. The number of rotatable bonds is 6. The molecule has 0 aliphatic heterocycles. The summed E-state index contributed by atoms with van der Waals surface area (Å²) in [6.07, 6.45) is 0. The molecular formula is C11H19N3O3. The Labute approximate surface area is 101 Å². The second kappa shape index (κ2) is 6.34. The molecule has 6 heteroatoms. The predicted molar refractivity (Wildman–Crippen MR) is 61.9 cm³/mol. The molecule has 0 saturated heterocycles. The number of esters is 1. The fraction of sp³-hybridized carbons (Fsp3) is 0.727. The van der Waals surface area contributed by atoms with Gasteiger partial charge in [-0.1, -0.05) is 19.1 Å². The van der Waals surface area contributed by atoms with Crippen LogP contribution in [-0.4, -0.2) is 41.3 Å². The lowest BCUT2D eigenvalue weighted by atomic mass is 10.1. The van der Waals surface area contributed by atoms with E-state index >= 15 is 0 Å². The quantitative estimate of drug-likeness (QED) is 0.553. The molecule has 1 rings (SSSR count). The van der Waals surface area contributed by atoms with Crippen molar-refractivity contribution < 1.29 is 14.3 Å². The minimum absolute atomic E-state index is 0.153. The van der Waals surface area contributed by atoms with Gasteiger partial charge in [0.1, 0.15) is 0 Å². The first kappa shape index (κ1) is 13.6. The van der Waals surface area contributed by atoms with Gasteiger partial charge in [0.2, 0.25) is 0 Å². The van der Waals surface area contributed by atoms with E-state index in [9.17, 15) is 4.79 Å². The molecule has 0 atom stereocenters. The van der Waals surface area contributed by atoms with Crippen molar-refractivity contribution in [2.24, 2.45) is 0 Å². The molecule has 1 aromatic heterocycles. The molecule has 0 spiro atoms. The van der Waals surface area contributed by atoms with Crippen molar-refractivity contribution in [2.45, 2.75) is 33.2 Å². The third-order valence-electron chi connectivity index (χ3n) is 2.35. The lowest BCUT2D eigenvalue weighted by Crippen LogP contribution is -2.14. The van der Waals surface area contributed by atoms with E-state index in [4.69, 9.17) is 4.74 Å². The summed E-state index contributed by atoms with van der Waals surface area (Å²) >= 11 is 0. The van der Waals surface area contributed by atoms with Gasteiger partial charge in [-0.2, -0.15) is 0 Å². The first-order valence-corrected chi connectivity index (χ1v) is 5.71. The lowest BCUT2D eigenvalue weighted by molar-refractivity contribution is 0.0592. The molecule has 0 aromatic carbocycles. The number of methoxy groups -OCH3 is 1. The van der Waals surface area contributed by atoms with Crippen LogP contribution in [-0.2, 0) is 16.0 Å². The van der Waals surface area contributed by atoms with Crippen LogP contribution in [0.3, 0.4) is 0 Å². The first-order valence-electron chi connectivity index (χ1n) is 5.71. The van der Waals surface area contributed by atoms with Crippen LogP contribution in [0.15, 0.2) is 0 Å². The van der Waals surface area contributed by atoms with Crippen molar-refractivity contribution >= 4 is 5.97 Å². The van der Waals surface area contributed by atoms with Crippen molar-refractivity contribution in [1.29, 1.82) is 0 Å². The van der Waals surface area contributed by atoms with Crippen molar-refractivity contribution in [2.75, 3.05) is 20.3 Å². The molecule has 1 aromatic rings. The van der Waals surface area contributed by atoms with E-state index in [2.05, 4.69) is 15.0 Å². The summed E-state index contributed by atoms with van der Waals surface area (Å²) in [4.78, 5) is 11.5. The molecule has 0 amide bonds. The van der Waals surface area contributed by atoms with Crippen LogP contribution in [0.4, 0.5) is 0 Å². The topological polar surface area (TPSA) is 66.2 Å². The molecule has 0 fully saturated rings. The van der Waals surface area contributed by atoms with Gasteiger partial charge in [-0.25, -0.2) is 9.48 Å². The Bertz CT molecular complexity index is 374. The second-order valence-corrected chi connectivity index (χ2v) is 3.89. The summed E-state index contributed by atoms with van der Waals surface area (Å²) in [5.41, 5.74) is 1.08. The molecule has 0 bridgehead atoms. The standard InChI is InChI=1S/C11H19N3O3/c1-5-17-7-6-14-10(8(2)3)9(12-13-14)11(15)16-4/h8H,5-7H2,1-4H3. The second-order valence-electron chi connectivity index (χ2n) is 3.89. The van der Waals surface area contributed by atoms with E-state index < -0.39 is 5.97 Å². The van der Waals surface area contributed by atoms with Gasteiger partial charge in [-0.3, -0.25) is 0 Å². The Kier molecular flexibility index (Phi) is 5.09. The van der Waals surface area contributed by atoms with Crippen molar-refractivity contribution in [3.05, 3.63) is 11.4 Å². The number of carbonyl (C=O) groups excluding carboxylic acids is 1. The maximum Gasteiger partial charge on any atom is 0.360 e. The number of carbonyl (C=O) groups is 1. The highest BCUT2D eigenvalue weighted by atomic mass is 16.5. The molecule has 0 saturated carbocycles. The summed E-state index contributed by atoms with van der Waals surface area (Å²) in [7, 11) is 1.34. The molecule has 6 nitrogen and oxygen atoms in total. The monoisotopic (exact) mass is 241 g/mol. The zero-order valence-corrected chi connectivity index (χ0v) is 10.8. The Morgan fingerprint density at radius 1 is 1.47 bits per heavy atom. The average molecular weight is 241 g/mol. The third-order valence-corrected chi connectivity index (χ3v) is 2.35. The number of aromatic nitrogens is 3. The van der Waals surface area contributed by atoms with Gasteiger partial charge >= 0.3 is 5.97 Å². The van der Waals surface area contributed by atoms with Gasteiger partial charge in [-0.05, 0) is 12.8 Å². The zero-order valence-electron chi connectivity index (χ0n) is 10.8. The SMILES string of the molecule is CCOCCn1nnc(C(=O)OC)c1C(C)C. The van der Waals surface area contributed by atoms with Gasteiger partial charge in [-0.15, -0.1) is 5.10 Å².